The number of hydrogen-bond donors (Lipinski definition) is 4. The van der Waals surface area contributed by atoms with Gasteiger partial charge in [-0.15, -0.1) is 5.10 Å². The van der Waals surface area contributed by atoms with Crippen LogP contribution >= 0.6 is 23.2 Å². The summed E-state index contributed by atoms with van der Waals surface area (Å²) in [6.07, 6.45) is 3.56. The summed E-state index contributed by atoms with van der Waals surface area (Å²) in [6.45, 7) is 1.99. The molecule has 0 aliphatic heterocycles. The summed E-state index contributed by atoms with van der Waals surface area (Å²) in [4.78, 5) is 4.31. The van der Waals surface area contributed by atoms with E-state index in [1.165, 1.54) is 0 Å². The summed E-state index contributed by atoms with van der Waals surface area (Å²) in [6, 6.07) is 5.19. The Labute approximate surface area is 136 Å². The molecule has 3 aromatic rings. The number of H-pyrrole nitrogens is 2. The smallest absolute Gasteiger partial charge is 0.244 e. The number of hydrogen-bond acceptors (Lipinski definition) is 5. The molecule has 2 heterocycles. The number of rotatable bonds is 5. The fraction of sp³-hybridized carbons (Fsp3) is 0.154. The van der Waals surface area contributed by atoms with Gasteiger partial charge in [0.15, 0.2) is 0 Å². The maximum absolute atomic E-state index is 5.96. The van der Waals surface area contributed by atoms with Crippen LogP contribution in [0.5, 0.6) is 0 Å². The Hall–Kier alpha value is -2.25. The van der Waals surface area contributed by atoms with Crippen molar-refractivity contribution in [3.8, 4) is 0 Å². The van der Waals surface area contributed by atoms with E-state index in [0.717, 1.165) is 11.3 Å². The standard InChI is InChI=1S/C13H13Cl2N7/c1-7(8-5-16-17-6-8)18-12-20-13(22-21-12)19-11-3-9(14)2-10(15)4-11/h2-7H,1H3,(H,16,17)(H3,18,19,20,21,22). The molecule has 1 unspecified atom stereocenters. The van der Waals surface area contributed by atoms with Crippen molar-refractivity contribution in [2.45, 2.75) is 13.0 Å². The lowest BCUT2D eigenvalue weighted by atomic mass is 10.2. The van der Waals surface area contributed by atoms with Crippen molar-refractivity contribution >= 4 is 40.8 Å². The molecule has 0 spiro atoms. The maximum Gasteiger partial charge on any atom is 0.244 e. The molecular formula is C13H13Cl2N7. The van der Waals surface area contributed by atoms with Crippen LogP contribution in [-0.4, -0.2) is 25.4 Å². The second-order valence-corrected chi connectivity index (χ2v) is 5.56. The minimum absolute atomic E-state index is 0.0306. The second kappa shape index (κ2) is 6.25. The van der Waals surface area contributed by atoms with Crippen LogP contribution in [0, 0.1) is 0 Å². The predicted molar refractivity (Wildman–Crippen MR) is 86.8 cm³/mol. The van der Waals surface area contributed by atoms with Gasteiger partial charge in [-0.3, -0.25) is 5.10 Å². The van der Waals surface area contributed by atoms with Gasteiger partial charge in [-0.1, -0.05) is 23.2 Å². The van der Waals surface area contributed by atoms with Gasteiger partial charge in [-0.05, 0) is 25.1 Å². The fourth-order valence-electron chi connectivity index (χ4n) is 1.92. The molecule has 0 amide bonds. The summed E-state index contributed by atoms with van der Waals surface area (Å²) in [7, 11) is 0. The highest BCUT2D eigenvalue weighted by Gasteiger charge is 2.10. The van der Waals surface area contributed by atoms with Gasteiger partial charge in [0.1, 0.15) is 0 Å². The van der Waals surface area contributed by atoms with E-state index in [9.17, 15) is 0 Å². The van der Waals surface area contributed by atoms with E-state index in [-0.39, 0.29) is 6.04 Å². The second-order valence-electron chi connectivity index (χ2n) is 4.69. The largest absolute Gasteiger partial charge is 0.346 e. The number of nitrogens with one attached hydrogen (secondary N) is 4. The van der Waals surface area contributed by atoms with Crippen LogP contribution in [0.25, 0.3) is 0 Å². The van der Waals surface area contributed by atoms with Crippen molar-refractivity contribution in [2.24, 2.45) is 0 Å². The molecule has 22 heavy (non-hydrogen) atoms. The van der Waals surface area contributed by atoms with Crippen LogP contribution in [0.4, 0.5) is 17.6 Å². The lowest BCUT2D eigenvalue weighted by molar-refractivity contribution is 0.863. The van der Waals surface area contributed by atoms with Crippen LogP contribution in [0.1, 0.15) is 18.5 Å². The van der Waals surface area contributed by atoms with Gasteiger partial charge in [0.2, 0.25) is 11.9 Å². The third kappa shape index (κ3) is 3.49. The topological polar surface area (TPSA) is 94.3 Å². The molecule has 1 atom stereocenters. The van der Waals surface area contributed by atoms with Crippen molar-refractivity contribution in [2.75, 3.05) is 10.6 Å². The first-order chi connectivity index (χ1) is 10.6. The van der Waals surface area contributed by atoms with E-state index in [2.05, 4.69) is 36.0 Å². The van der Waals surface area contributed by atoms with Gasteiger partial charge in [-0.2, -0.15) is 10.1 Å². The zero-order valence-electron chi connectivity index (χ0n) is 11.6. The lowest BCUT2D eigenvalue weighted by Gasteiger charge is -2.09. The molecule has 2 aromatic heterocycles. The summed E-state index contributed by atoms with van der Waals surface area (Å²) in [5.74, 6) is 0.963. The van der Waals surface area contributed by atoms with E-state index in [4.69, 9.17) is 23.2 Å². The van der Waals surface area contributed by atoms with Crippen LogP contribution in [0.2, 0.25) is 10.0 Å². The van der Waals surface area contributed by atoms with Gasteiger partial charge < -0.3 is 10.6 Å². The maximum atomic E-state index is 5.96. The van der Waals surface area contributed by atoms with Gasteiger partial charge in [0.05, 0.1) is 12.2 Å². The Bertz CT molecular complexity index is 733. The number of aromatic nitrogens is 5. The predicted octanol–water partition coefficient (Wildman–Crippen LogP) is 3.75. The SMILES string of the molecule is CC(Nc1n[nH]c(Nc2cc(Cl)cc(Cl)c2)n1)c1cn[nH]c1. The summed E-state index contributed by atoms with van der Waals surface area (Å²) < 4.78 is 0. The normalized spacial score (nSPS) is 12.1. The zero-order chi connectivity index (χ0) is 15.5. The van der Waals surface area contributed by atoms with Gasteiger partial charge in [-0.25, -0.2) is 5.10 Å². The third-order valence-corrected chi connectivity index (χ3v) is 3.41. The van der Waals surface area contributed by atoms with Crippen LogP contribution < -0.4 is 10.6 Å². The summed E-state index contributed by atoms with van der Waals surface area (Å²) >= 11 is 11.9. The van der Waals surface area contributed by atoms with Crippen LogP contribution in [0.15, 0.2) is 30.6 Å². The molecule has 0 bridgehead atoms. The number of halogens is 2. The van der Waals surface area contributed by atoms with Gasteiger partial charge in [0.25, 0.3) is 0 Å². The molecule has 0 saturated carbocycles. The number of nitrogens with zero attached hydrogens (tertiary/aromatic N) is 3. The molecule has 0 aliphatic rings. The molecule has 0 fully saturated rings. The molecule has 7 nitrogen and oxygen atoms in total. The highest BCUT2D eigenvalue weighted by atomic mass is 35.5. The van der Waals surface area contributed by atoms with E-state index < -0.39 is 0 Å². The van der Waals surface area contributed by atoms with Gasteiger partial charge >= 0.3 is 0 Å². The lowest BCUT2D eigenvalue weighted by Crippen LogP contribution is -2.06. The highest BCUT2D eigenvalue weighted by Crippen LogP contribution is 2.24. The first kappa shape index (κ1) is 14.7. The monoisotopic (exact) mass is 337 g/mol. The Morgan fingerprint density at radius 1 is 1.18 bits per heavy atom. The minimum atomic E-state index is 0.0306. The number of aromatic amines is 2. The summed E-state index contributed by atoms with van der Waals surface area (Å²) in [5.41, 5.74) is 1.74. The van der Waals surface area contributed by atoms with Crippen molar-refractivity contribution < 1.29 is 0 Å². The van der Waals surface area contributed by atoms with Gasteiger partial charge in [0, 0.05) is 27.5 Å². The van der Waals surface area contributed by atoms with Crippen molar-refractivity contribution in [1.82, 2.24) is 25.4 Å². The third-order valence-electron chi connectivity index (χ3n) is 2.98. The Morgan fingerprint density at radius 2 is 1.95 bits per heavy atom. The average molecular weight is 338 g/mol. The molecule has 4 N–H and O–H groups in total. The fourth-order valence-corrected chi connectivity index (χ4v) is 2.45. The molecule has 3 rings (SSSR count). The Morgan fingerprint density at radius 3 is 2.64 bits per heavy atom. The Kier molecular flexibility index (Phi) is 4.17. The molecule has 0 aliphatic carbocycles. The minimum Gasteiger partial charge on any atom is -0.346 e. The molecule has 1 aromatic carbocycles. The zero-order valence-corrected chi connectivity index (χ0v) is 13.1. The molecule has 114 valence electrons. The van der Waals surface area contributed by atoms with E-state index in [0.29, 0.717) is 21.9 Å². The first-order valence-electron chi connectivity index (χ1n) is 6.51. The number of anilines is 3. The van der Waals surface area contributed by atoms with E-state index in [1.54, 1.807) is 24.4 Å². The highest BCUT2D eigenvalue weighted by molar-refractivity contribution is 6.35. The molecule has 0 radical (unpaired) electrons. The quantitative estimate of drug-likeness (QED) is 0.568. The van der Waals surface area contributed by atoms with E-state index in [1.807, 2.05) is 13.1 Å². The van der Waals surface area contributed by atoms with Crippen molar-refractivity contribution in [3.63, 3.8) is 0 Å². The van der Waals surface area contributed by atoms with Crippen molar-refractivity contribution in [1.29, 1.82) is 0 Å². The first-order valence-corrected chi connectivity index (χ1v) is 7.26. The number of benzene rings is 1. The molecular weight excluding hydrogens is 325 g/mol. The van der Waals surface area contributed by atoms with E-state index >= 15 is 0 Å². The van der Waals surface area contributed by atoms with Crippen LogP contribution in [0.3, 0.4) is 0 Å². The Balaban J connectivity index is 1.68. The average Bonchev–Trinajstić information content (AvgIpc) is 3.09. The van der Waals surface area contributed by atoms with Crippen LogP contribution in [-0.2, 0) is 0 Å². The molecule has 0 saturated heterocycles. The molecule has 9 heteroatoms. The summed E-state index contributed by atoms with van der Waals surface area (Å²) in [5, 5.41) is 20.9. The van der Waals surface area contributed by atoms with Crippen molar-refractivity contribution in [3.05, 3.63) is 46.2 Å².